The molecule has 1 unspecified atom stereocenters. The second kappa shape index (κ2) is 5.71. The molecular formula is C14H19NO. The molecule has 1 atom stereocenters. The highest BCUT2D eigenvalue weighted by molar-refractivity contribution is 5.27. The van der Waals surface area contributed by atoms with Crippen LogP contribution in [0.15, 0.2) is 36.4 Å². The van der Waals surface area contributed by atoms with Gasteiger partial charge in [-0.05, 0) is 50.1 Å². The van der Waals surface area contributed by atoms with E-state index in [0.29, 0.717) is 0 Å². The molecule has 2 heteroatoms. The molecule has 1 aromatic rings. The van der Waals surface area contributed by atoms with Crippen LogP contribution in [0.2, 0.25) is 0 Å². The molecule has 0 saturated heterocycles. The predicted molar refractivity (Wildman–Crippen MR) is 66.6 cm³/mol. The average Bonchev–Trinajstić information content (AvgIpc) is 2.33. The van der Waals surface area contributed by atoms with E-state index in [4.69, 9.17) is 4.74 Å². The highest BCUT2D eigenvalue weighted by atomic mass is 16.5. The molecule has 1 aromatic carbocycles. The summed E-state index contributed by atoms with van der Waals surface area (Å²) in [6, 6.07) is 8.32. The Morgan fingerprint density at radius 1 is 1.31 bits per heavy atom. The number of benzene rings is 1. The van der Waals surface area contributed by atoms with Crippen LogP contribution in [-0.2, 0) is 6.54 Å². The molecular weight excluding hydrogens is 198 g/mol. The quantitative estimate of drug-likeness (QED) is 0.783. The summed E-state index contributed by atoms with van der Waals surface area (Å²) in [6.07, 6.45) is 8.22. The van der Waals surface area contributed by atoms with Gasteiger partial charge in [-0.25, -0.2) is 0 Å². The largest absolute Gasteiger partial charge is 0.486 e. The minimum atomic E-state index is 0.268. The molecule has 0 aromatic heterocycles. The Hall–Kier alpha value is -1.28. The lowest BCUT2D eigenvalue weighted by molar-refractivity contribution is 0.230. The smallest absolute Gasteiger partial charge is 0.120 e. The van der Waals surface area contributed by atoms with Gasteiger partial charge in [-0.15, -0.1) is 0 Å². The molecule has 0 fully saturated rings. The van der Waals surface area contributed by atoms with Gasteiger partial charge in [0.25, 0.3) is 0 Å². The fraction of sp³-hybridized carbons (Fsp3) is 0.429. The molecule has 2 nitrogen and oxygen atoms in total. The predicted octanol–water partition coefficient (Wildman–Crippen LogP) is 2.89. The van der Waals surface area contributed by atoms with E-state index < -0.39 is 0 Å². The van der Waals surface area contributed by atoms with Crippen LogP contribution in [0.25, 0.3) is 0 Å². The summed E-state index contributed by atoms with van der Waals surface area (Å²) < 4.78 is 5.88. The summed E-state index contributed by atoms with van der Waals surface area (Å²) in [5, 5.41) is 3.13. The van der Waals surface area contributed by atoms with Crippen LogP contribution in [0, 0.1) is 0 Å². The average molecular weight is 217 g/mol. The van der Waals surface area contributed by atoms with E-state index in [-0.39, 0.29) is 6.10 Å². The van der Waals surface area contributed by atoms with Gasteiger partial charge in [-0.2, -0.15) is 0 Å². The minimum absolute atomic E-state index is 0.268. The van der Waals surface area contributed by atoms with E-state index in [1.165, 1.54) is 18.4 Å². The summed E-state index contributed by atoms with van der Waals surface area (Å²) in [5.74, 6) is 0.969. The summed E-state index contributed by atoms with van der Waals surface area (Å²) >= 11 is 0. The van der Waals surface area contributed by atoms with Gasteiger partial charge in [0.05, 0.1) is 0 Å². The van der Waals surface area contributed by atoms with Gasteiger partial charge in [0.2, 0.25) is 0 Å². The number of hydrogen-bond donors (Lipinski definition) is 1. The minimum Gasteiger partial charge on any atom is -0.486 e. The number of nitrogens with one attached hydrogen (secondary N) is 1. The highest BCUT2D eigenvalue weighted by Gasteiger charge is 2.09. The molecule has 0 aliphatic heterocycles. The van der Waals surface area contributed by atoms with Gasteiger partial charge < -0.3 is 10.1 Å². The van der Waals surface area contributed by atoms with E-state index >= 15 is 0 Å². The standard InChI is InChI=1S/C14H19NO/c1-15-11-12-7-9-14(10-8-12)16-13-5-3-2-4-6-13/h3,5,7-10,13,15H,2,4,6,11H2,1H3. The SMILES string of the molecule is CNCc1ccc(OC2C=CCCC2)cc1. The van der Waals surface area contributed by atoms with Crippen LogP contribution in [0.4, 0.5) is 0 Å². The van der Waals surface area contributed by atoms with Gasteiger partial charge in [-0.1, -0.05) is 18.2 Å². The van der Waals surface area contributed by atoms with E-state index in [1.54, 1.807) is 0 Å². The van der Waals surface area contributed by atoms with Crippen LogP contribution in [0.1, 0.15) is 24.8 Å². The summed E-state index contributed by atoms with van der Waals surface area (Å²) in [4.78, 5) is 0. The van der Waals surface area contributed by atoms with Crippen molar-refractivity contribution in [3.05, 3.63) is 42.0 Å². The maximum atomic E-state index is 5.88. The van der Waals surface area contributed by atoms with E-state index in [2.05, 4.69) is 41.7 Å². The first-order chi connectivity index (χ1) is 7.88. The maximum absolute atomic E-state index is 5.88. The molecule has 0 amide bonds. The van der Waals surface area contributed by atoms with Gasteiger partial charge in [0.15, 0.2) is 0 Å². The van der Waals surface area contributed by atoms with Crippen molar-refractivity contribution in [1.82, 2.24) is 5.32 Å². The zero-order valence-corrected chi connectivity index (χ0v) is 9.78. The Balaban J connectivity index is 1.93. The van der Waals surface area contributed by atoms with Gasteiger partial charge in [-0.3, -0.25) is 0 Å². The van der Waals surface area contributed by atoms with Crippen molar-refractivity contribution in [3.63, 3.8) is 0 Å². The van der Waals surface area contributed by atoms with Crippen molar-refractivity contribution in [2.24, 2.45) is 0 Å². The number of ether oxygens (including phenoxy) is 1. The molecule has 0 radical (unpaired) electrons. The van der Waals surface area contributed by atoms with Gasteiger partial charge >= 0.3 is 0 Å². The Labute approximate surface area is 97.3 Å². The van der Waals surface area contributed by atoms with E-state index in [0.717, 1.165) is 18.7 Å². The maximum Gasteiger partial charge on any atom is 0.120 e. The monoisotopic (exact) mass is 217 g/mol. The van der Waals surface area contributed by atoms with E-state index in [1.807, 2.05) is 7.05 Å². The van der Waals surface area contributed by atoms with Crippen molar-refractivity contribution < 1.29 is 4.74 Å². The molecule has 0 heterocycles. The Bertz CT molecular complexity index is 342. The molecule has 2 rings (SSSR count). The number of hydrogen-bond acceptors (Lipinski definition) is 2. The van der Waals surface area contributed by atoms with Crippen LogP contribution in [0.3, 0.4) is 0 Å². The zero-order chi connectivity index (χ0) is 11.2. The highest BCUT2D eigenvalue weighted by Crippen LogP contribution is 2.19. The third-order valence-corrected chi connectivity index (χ3v) is 2.80. The van der Waals surface area contributed by atoms with Crippen molar-refractivity contribution in [2.75, 3.05) is 7.05 Å². The van der Waals surface area contributed by atoms with Crippen molar-refractivity contribution in [3.8, 4) is 5.75 Å². The van der Waals surface area contributed by atoms with Crippen LogP contribution in [0.5, 0.6) is 5.75 Å². The van der Waals surface area contributed by atoms with Crippen molar-refractivity contribution in [2.45, 2.75) is 31.9 Å². The first-order valence-corrected chi connectivity index (χ1v) is 5.95. The summed E-state index contributed by atoms with van der Waals surface area (Å²) in [7, 11) is 1.96. The van der Waals surface area contributed by atoms with Crippen molar-refractivity contribution in [1.29, 1.82) is 0 Å². The molecule has 16 heavy (non-hydrogen) atoms. The first kappa shape index (κ1) is 11.2. The normalized spacial score (nSPS) is 19.7. The second-order valence-corrected chi connectivity index (χ2v) is 4.19. The molecule has 86 valence electrons. The third kappa shape index (κ3) is 3.11. The van der Waals surface area contributed by atoms with Crippen LogP contribution in [-0.4, -0.2) is 13.2 Å². The van der Waals surface area contributed by atoms with Gasteiger partial charge in [0.1, 0.15) is 11.9 Å². The zero-order valence-electron chi connectivity index (χ0n) is 9.78. The lowest BCUT2D eigenvalue weighted by Crippen LogP contribution is -2.15. The number of rotatable bonds is 4. The lowest BCUT2D eigenvalue weighted by atomic mass is 10.1. The Morgan fingerprint density at radius 2 is 2.12 bits per heavy atom. The van der Waals surface area contributed by atoms with Crippen molar-refractivity contribution >= 4 is 0 Å². The molecule has 0 spiro atoms. The Kier molecular flexibility index (Phi) is 4.00. The summed E-state index contributed by atoms with van der Waals surface area (Å²) in [5.41, 5.74) is 1.29. The lowest BCUT2D eigenvalue weighted by Gasteiger charge is -2.18. The third-order valence-electron chi connectivity index (χ3n) is 2.80. The topological polar surface area (TPSA) is 21.3 Å². The van der Waals surface area contributed by atoms with E-state index in [9.17, 15) is 0 Å². The molecule has 1 N–H and O–H groups in total. The Morgan fingerprint density at radius 3 is 2.75 bits per heavy atom. The number of allylic oxidation sites excluding steroid dienone is 1. The molecule has 1 aliphatic rings. The fourth-order valence-electron chi connectivity index (χ4n) is 1.94. The van der Waals surface area contributed by atoms with Gasteiger partial charge in [0, 0.05) is 6.54 Å². The van der Waals surface area contributed by atoms with Crippen LogP contribution < -0.4 is 10.1 Å². The summed E-state index contributed by atoms with van der Waals surface area (Å²) in [6.45, 7) is 0.906. The molecule has 0 bridgehead atoms. The fourth-order valence-corrected chi connectivity index (χ4v) is 1.94. The second-order valence-electron chi connectivity index (χ2n) is 4.19. The van der Waals surface area contributed by atoms with Crippen LogP contribution >= 0.6 is 0 Å². The molecule has 1 aliphatic carbocycles. The first-order valence-electron chi connectivity index (χ1n) is 5.95. The molecule has 0 saturated carbocycles.